The predicted octanol–water partition coefficient (Wildman–Crippen LogP) is 3.98. The molecule has 1 aliphatic heterocycles. The quantitative estimate of drug-likeness (QED) is 0.681. The van der Waals surface area contributed by atoms with Gasteiger partial charge in [-0.1, -0.05) is 34.8 Å². The van der Waals surface area contributed by atoms with Gasteiger partial charge in [0.15, 0.2) is 0 Å². The third-order valence-corrected chi connectivity index (χ3v) is 7.20. The molecule has 1 aliphatic rings. The van der Waals surface area contributed by atoms with Gasteiger partial charge in [-0.05, 0) is 48.9 Å². The number of amides is 1. The van der Waals surface area contributed by atoms with Crippen LogP contribution in [0.3, 0.4) is 0 Å². The first-order valence-corrected chi connectivity index (χ1v) is 11.4. The number of sulfonamides is 1. The van der Waals surface area contributed by atoms with Crippen LogP contribution in [0.25, 0.3) is 0 Å². The summed E-state index contributed by atoms with van der Waals surface area (Å²) in [5.74, 6) is -0.335. The summed E-state index contributed by atoms with van der Waals surface area (Å²) >= 11 is 17.8. The molecule has 2 atom stereocenters. The summed E-state index contributed by atoms with van der Waals surface area (Å²) in [6.45, 7) is 0.313. The molecule has 2 N–H and O–H groups in total. The Kier molecular flexibility index (Phi) is 6.96. The second kappa shape index (κ2) is 9.10. The zero-order valence-electron chi connectivity index (χ0n) is 15.2. The van der Waals surface area contributed by atoms with Crippen LogP contribution in [0.2, 0.25) is 15.1 Å². The fraction of sp³-hybridized carbons (Fsp3) is 0.316. The van der Waals surface area contributed by atoms with Crippen LogP contribution in [0.1, 0.15) is 12.8 Å². The van der Waals surface area contributed by atoms with E-state index in [2.05, 4.69) is 0 Å². The van der Waals surface area contributed by atoms with Crippen molar-refractivity contribution < 1.29 is 17.9 Å². The lowest BCUT2D eigenvalue weighted by atomic mass is 9.92. The second-order valence-corrected chi connectivity index (χ2v) is 10.0. The average Bonchev–Trinajstić information content (AvgIpc) is 2.63. The van der Waals surface area contributed by atoms with Crippen molar-refractivity contribution in [1.29, 1.82) is 0 Å². The number of benzene rings is 2. The Morgan fingerprint density at radius 1 is 1.07 bits per heavy atom. The van der Waals surface area contributed by atoms with E-state index in [1.807, 2.05) is 0 Å². The highest BCUT2D eigenvalue weighted by atomic mass is 35.5. The van der Waals surface area contributed by atoms with Gasteiger partial charge in [-0.2, -0.15) is 4.31 Å². The van der Waals surface area contributed by atoms with Gasteiger partial charge in [0.1, 0.15) is 11.9 Å². The maximum Gasteiger partial charge on any atom is 0.243 e. The molecule has 1 heterocycles. The van der Waals surface area contributed by atoms with Crippen LogP contribution in [0.5, 0.6) is 5.75 Å². The Morgan fingerprint density at radius 3 is 2.28 bits per heavy atom. The topological polar surface area (TPSA) is 89.7 Å². The highest BCUT2D eigenvalue weighted by Crippen LogP contribution is 2.31. The number of ether oxygens (including phenoxy) is 1. The number of hydrogen-bond donors (Lipinski definition) is 1. The molecule has 10 heteroatoms. The van der Waals surface area contributed by atoms with Crippen molar-refractivity contribution in [2.45, 2.75) is 23.8 Å². The molecule has 1 fully saturated rings. The highest BCUT2D eigenvalue weighted by Gasteiger charge is 2.37. The number of carbonyl (C=O) groups is 1. The summed E-state index contributed by atoms with van der Waals surface area (Å²) in [6, 6.07) is 11.0. The first kappa shape index (κ1) is 22.2. The van der Waals surface area contributed by atoms with Gasteiger partial charge in [0.05, 0.1) is 4.90 Å². The van der Waals surface area contributed by atoms with Crippen molar-refractivity contribution in [2.24, 2.45) is 11.7 Å². The van der Waals surface area contributed by atoms with E-state index in [9.17, 15) is 13.2 Å². The lowest BCUT2D eigenvalue weighted by Gasteiger charge is -2.37. The number of rotatable bonds is 6. The summed E-state index contributed by atoms with van der Waals surface area (Å²) in [4.78, 5) is 11.6. The number of hydrogen-bond acceptors (Lipinski definition) is 4. The molecule has 156 valence electrons. The predicted molar refractivity (Wildman–Crippen MR) is 113 cm³/mol. The zero-order chi connectivity index (χ0) is 21.2. The Morgan fingerprint density at radius 2 is 1.69 bits per heavy atom. The summed E-state index contributed by atoms with van der Waals surface area (Å²) in [6.07, 6.45) is 0.0346. The van der Waals surface area contributed by atoms with Crippen LogP contribution in [0.15, 0.2) is 47.4 Å². The van der Waals surface area contributed by atoms with Crippen LogP contribution in [-0.2, 0) is 14.8 Å². The number of primary amides is 1. The van der Waals surface area contributed by atoms with Gasteiger partial charge in [-0.3, -0.25) is 4.79 Å². The minimum atomic E-state index is -3.84. The highest BCUT2D eigenvalue weighted by molar-refractivity contribution is 7.89. The van der Waals surface area contributed by atoms with Gasteiger partial charge in [0, 0.05) is 40.5 Å². The largest absolute Gasteiger partial charge is 0.490 e. The molecule has 0 saturated carbocycles. The van der Waals surface area contributed by atoms with Crippen LogP contribution < -0.4 is 10.5 Å². The number of nitrogens with zero attached hydrogens (tertiary/aromatic N) is 1. The Bertz CT molecular complexity index is 979. The molecule has 0 unspecified atom stereocenters. The smallest absolute Gasteiger partial charge is 0.243 e. The van der Waals surface area contributed by atoms with Gasteiger partial charge in [0.2, 0.25) is 15.9 Å². The Hall–Kier alpha value is -1.51. The van der Waals surface area contributed by atoms with Crippen LogP contribution in [-0.4, -0.2) is 37.8 Å². The molecule has 0 radical (unpaired) electrons. The molecule has 2 aromatic rings. The summed E-state index contributed by atoms with van der Waals surface area (Å²) in [7, 11) is -3.84. The third kappa shape index (κ3) is 5.55. The molecule has 0 bridgehead atoms. The number of halogens is 3. The van der Waals surface area contributed by atoms with Crippen molar-refractivity contribution in [3.8, 4) is 5.75 Å². The molecular formula is C19H19Cl3N2O4S. The standard InChI is InChI=1S/C19H19Cl3N2O4S/c20-13-1-3-16(4-2-13)28-18-5-6-24(11-12(18)7-19(23)25)29(26,27)17-9-14(21)8-15(22)10-17/h1-4,8-10,12,18H,5-7,11H2,(H2,23,25)/t12-,18-/m0/s1. The molecule has 6 nitrogen and oxygen atoms in total. The van der Waals surface area contributed by atoms with Gasteiger partial charge in [-0.15, -0.1) is 0 Å². The maximum atomic E-state index is 13.1. The van der Waals surface area contributed by atoms with Gasteiger partial charge in [-0.25, -0.2) is 8.42 Å². The minimum absolute atomic E-state index is 0.000574. The van der Waals surface area contributed by atoms with E-state index in [1.165, 1.54) is 22.5 Å². The van der Waals surface area contributed by atoms with Gasteiger partial charge in [0.25, 0.3) is 0 Å². The molecule has 0 aliphatic carbocycles. The van der Waals surface area contributed by atoms with Crippen LogP contribution in [0.4, 0.5) is 0 Å². The minimum Gasteiger partial charge on any atom is -0.490 e. The second-order valence-electron chi connectivity index (χ2n) is 6.80. The first-order valence-electron chi connectivity index (χ1n) is 8.82. The zero-order valence-corrected chi connectivity index (χ0v) is 18.3. The van der Waals surface area contributed by atoms with Gasteiger partial charge < -0.3 is 10.5 Å². The van der Waals surface area contributed by atoms with Crippen molar-refractivity contribution in [3.63, 3.8) is 0 Å². The van der Waals surface area contributed by atoms with E-state index in [-0.39, 0.29) is 40.6 Å². The van der Waals surface area contributed by atoms with E-state index >= 15 is 0 Å². The monoisotopic (exact) mass is 476 g/mol. The molecule has 0 aromatic heterocycles. The van der Waals surface area contributed by atoms with E-state index in [1.54, 1.807) is 24.3 Å². The van der Waals surface area contributed by atoms with E-state index in [0.29, 0.717) is 17.2 Å². The molecule has 2 aromatic carbocycles. The van der Waals surface area contributed by atoms with E-state index in [4.69, 9.17) is 45.3 Å². The fourth-order valence-corrected chi connectivity index (χ4v) is 5.68. The van der Waals surface area contributed by atoms with Crippen molar-refractivity contribution in [3.05, 3.63) is 57.5 Å². The summed E-state index contributed by atoms with van der Waals surface area (Å²) in [5, 5.41) is 1.03. The summed E-state index contributed by atoms with van der Waals surface area (Å²) in [5.41, 5.74) is 5.39. The van der Waals surface area contributed by atoms with E-state index in [0.717, 1.165) is 0 Å². The van der Waals surface area contributed by atoms with Crippen molar-refractivity contribution >= 4 is 50.7 Å². The third-order valence-electron chi connectivity index (χ3n) is 4.67. The molecule has 0 spiro atoms. The molecule has 3 rings (SSSR count). The molecular weight excluding hydrogens is 459 g/mol. The Balaban J connectivity index is 1.81. The number of carbonyl (C=O) groups excluding carboxylic acids is 1. The van der Waals surface area contributed by atoms with Crippen molar-refractivity contribution in [2.75, 3.05) is 13.1 Å². The number of nitrogens with two attached hydrogens (primary N) is 1. The van der Waals surface area contributed by atoms with Gasteiger partial charge >= 0.3 is 0 Å². The molecule has 29 heavy (non-hydrogen) atoms. The SMILES string of the molecule is NC(=O)C[C@H]1CN(S(=O)(=O)c2cc(Cl)cc(Cl)c2)CC[C@@H]1Oc1ccc(Cl)cc1. The maximum absolute atomic E-state index is 13.1. The number of piperidine rings is 1. The first-order chi connectivity index (χ1) is 13.6. The van der Waals surface area contributed by atoms with Crippen LogP contribution in [0, 0.1) is 5.92 Å². The Labute approximate surface area is 184 Å². The van der Waals surface area contributed by atoms with Crippen molar-refractivity contribution in [1.82, 2.24) is 4.31 Å². The van der Waals surface area contributed by atoms with E-state index < -0.39 is 21.8 Å². The van der Waals surface area contributed by atoms with Crippen LogP contribution >= 0.6 is 34.8 Å². The molecule has 1 amide bonds. The molecule has 1 saturated heterocycles. The normalized spacial score (nSPS) is 20.4. The summed E-state index contributed by atoms with van der Waals surface area (Å²) < 4.78 is 33.4. The lowest BCUT2D eigenvalue weighted by Crippen LogP contribution is -2.48. The fourth-order valence-electron chi connectivity index (χ4n) is 3.32. The lowest BCUT2D eigenvalue weighted by molar-refractivity contribution is -0.120. The average molecular weight is 478 g/mol.